The largest absolute Gasteiger partial charge is 0.504 e. The van der Waals surface area contributed by atoms with Gasteiger partial charge in [0.25, 0.3) is 0 Å². The first kappa shape index (κ1) is 18.0. The zero-order chi connectivity index (χ0) is 17.5. The minimum absolute atomic E-state index is 0.0138. The molecule has 0 aliphatic rings. The Balaban J connectivity index is 1.93. The fourth-order valence-electron chi connectivity index (χ4n) is 2.34. The van der Waals surface area contributed by atoms with E-state index in [2.05, 4.69) is 10.6 Å². The maximum absolute atomic E-state index is 13.0. The highest BCUT2D eigenvalue weighted by atomic mass is 32.1. The third-order valence-electron chi connectivity index (χ3n) is 3.68. The van der Waals surface area contributed by atoms with Gasteiger partial charge in [-0.1, -0.05) is 25.1 Å². The third-order valence-corrected chi connectivity index (χ3v) is 3.95. The number of halogens is 1. The molecule has 0 bridgehead atoms. The third kappa shape index (κ3) is 4.83. The van der Waals surface area contributed by atoms with Gasteiger partial charge in [-0.3, -0.25) is 0 Å². The number of phenolic OH excluding ortho intramolecular Hbond substituents is 1. The number of rotatable bonds is 6. The van der Waals surface area contributed by atoms with E-state index >= 15 is 0 Å². The van der Waals surface area contributed by atoms with Gasteiger partial charge in [0.15, 0.2) is 16.6 Å². The van der Waals surface area contributed by atoms with Gasteiger partial charge in [0.05, 0.1) is 13.2 Å². The number of hydrogen-bond acceptors (Lipinski definition) is 3. The van der Waals surface area contributed by atoms with Crippen molar-refractivity contribution in [3.05, 3.63) is 59.4 Å². The summed E-state index contributed by atoms with van der Waals surface area (Å²) in [7, 11) is 1.51. The van der Waals surface area contributed by atoms with Gasteiger partial charge in [-0.25, -0.2) is 4.39 Å². The molecule has 0 aliphatic heterocycles. The van der Waals surface area contributed by atoms with E-state index in [1.54, 1.807) is 30.3 Å². The maximum Gasteiger partial charge on any atom is 0.167 e. The van der Waals surface area contributed by atoms with E-state index in [1.165, 1.54) is 19.2 Å². The molecule has 0 amide bonds. The second-order valence-electron chi connectivity index (χ2n) is 5.35. The molecule has 0 spiro atoms. The van der Waals surface area contributed by atoms with Gasteiger partial charge >= 0.3 is 0 Å². The molecule has 128 valence electrons. The standard InChI is InChI=1S/C18H21FN2O2S/c1-3-15(13-5-7-14(19)8-6-13)21-18(24)20-11-12-4-9-16(22)17(10-12)23-2/h4-10,15,22H,3,11H2,1-2H3,(H2,20,21,24). The number of ether oxygens (including phenoxy) is 1. The molecular weight excluding hydrogens is 327 g/mol. The van der Waals surface area contributed by atoms with Crippen molar-refractivity contribution in [1.29, 1.82) is 0 Å². The zero-order valence-electron chi connectivity index (χ0n) is 13.7. The van der Waals surface area contributed by atoms with Crippen LogP contribution in [0.15, 0.2) is 42.5 Å². The van der Waals surface area contributed by atoms with Gasteiger partial charge in [0.1, 0.15) is 5.82 Å². The Morgan fingerprint density at radius 1 is 1.25 bits per heavy atom. The van der Waals surface area contributed by atoms with Crippen LogP contribution in [0, 0.1) is 5.82 Å². The fraction of sp³-hybridized carbons (Fsp3) is 0.278. The molecule has 0 aromatic heterocycles. The Morgan fingerprint density at radius 2 is 1.96 bits per heavy atom. The van der Waals surface area contributed by atoms with Crippen molar-refractivity contribution >= 4 is 17.3 Å². The van der Waals surface area contributed by atoms with Crippen LogP contribution in [0.2, 0.25) is 0 Å². The Bertz CT molecular complexity index is 692. The molecule has 1 atom stereocenters. The summed E-state index contributed by atoms with van der Waals surface area (Å²) in [6.45, 7) is 2.54. The van der Waals surface area contributed by atoms with Crippen molar-refractivity contribution in [2.45, 2.75) is 25.9 Å². The van der Waals surface area contributed by atoms with Crippen LogP contribution in [0.25, 0.3) is 0 Å². The summed E-state index contributed by atoms with van der Waals surface area (Å²) in [6.07, 6.45) is 0.820. The Morgan fingerprint density at radius 3 is 2.58 bits per heavy atom. The molecule has 0 heterocycles. The summed E-state index contributed by atoms with van der Waals surface area (Å²) in [6, 6.07) is 11.5. The molecule has 0 saturated carbocycles. The van der Waals surface area contributed by atoms with E-state index in [0.717, 1.165) is 17.5 Å². The molecule has 6 heteroatoms. The number of aromatic hydroxyl groups is 1. The molecule has 4 nitrogen and oxygen atoms in total. The highest BCUT2D eigenvalue weighted by Crippen LogP contribution is 2.26. The van der Waals surface area contributed by atoms with E-state index in [-0.39, 0.29) is 17.6 Å². The first-order valence-electron chi connectivity index (χ1n) is 7.69. The van der Waals surface area contributed by atoms with Gasteiger partial charge in [-0.2, -0.15) is 0 Å². The number of phenols is 1. The summed E-state index contributed by atoms with van der Waals surface area (Å²) >= 11 is 5.33. The lowest BCUT2D eigenvalue weighted by Gasteiger charge is -2.20. The molecule has 0 radical (unpaired) electrons. The predicted octanol–water partition coefficient (Wildman–Crippen LogP) is 3.66. The molecule has 24 heavy (non-hydrogen) atoms. The molecule has 0 fully saturated rings. The maximum atomic E-state index is 13.0. The quantitative estimate of drug-likeness (QED) is 0.696. The van der Waals surface area contributed by atoms with Crippen LogP contribution in [0.1, 0.15) is 30.5 Å². The molecule has 1 unspecified atom stereocenters. The van der Waals surface area contributed by atoms with Gasteiger partial charge in [-0.15, -0.1) is 0 Å². The van der Waals surface area contributed by atoms with Crippen LogP contribution in [0.5, 0.6) is 11.5 Å². The Hall–Kier alpha value is -2.34. The number of hydrogen-bond donors (Lipinski definition) is 3. The monoisotopic (exact) mass is 348 g/mol. The molecule has 2 rings (SSSR count). The average Bonchev–Trinajstić information content (AvgIpc) is 2.59. The lowest BCUT2D eigenvalue weighted by molar-refractivity contribution is 0.373. The number of benzene rings is 2. The second-order valence-corrected chi connectivity index (χ2v) is 5.75. The molecule has 3 N–H and O–H groups in total. The van der Waals surface area contributed by atoms with E-state index in [4.69, 9.17) is 17.0 Å². The van der Waals surface area contributed by atoms with E-state index in [0.29, 0.717) is 17.4 Å². The van der Waals surface area contributed by atoms with Crippen LogP contribution in [0.3, 0.4) is 0 Å². The Labute approximate surface area is 146 Å². The van der Waals surface area contributed by atoms with Crippen molar-refractivity contribution in [3.63, 3.8) is 0 Å². The van der Waals surface area contributed by atoms with Gasteiger partial charge < -0.3 is 20.5 Å². The number of nitrogens with one attached hydrogen (secondary N) is 2. The minimum atomic E-state index is -0.254. The SMILES string of the molecule is CCC(NC(=S)NCc1ccc(O)c(OC)c1)c1ccc(F)cc1. The molecule has 2 aromatic rings. The highest BCUT2D eigenvalue weighted by molar-refractivity contribution is 7.80. The molecular formula is C18H21FN2O2S. The van der Waals surface area contributed by atoms with Crippen molar-refractivity contribution in [1.82, 2.24) is 10.6 Å². The summed E-state index contributed by atoms with van der Waals surface area (Å²) in [4.78, 5) is 0. The lowest BCUT2D eigenvalue weighted by Crippen LogP contribution is -2.37. The van der Waals surface area contributed by atoms with Crippen molar-refractivity contribution < 1.29 is 14.2 Å². The highest BCUT2D eigenvalue weighted by Gasteiger charge is 2.11. The first-order valence-corrected chi connectivity index (χ1v) is 8.10. The van der Waals surface area contributed by atoms with Gasteiger partial charge in [0, 0.05) is 6.54 Å². The van der Waals surface area contributed by atoms with E-state index in [1.807, 2.05) is 6.92 Å². The van der Waals surface area contributed by atoms with Crippen LogP contribution < -0.4 is 15.4 Å². The van der Waals surface area contributed by atoms with E-state index in [9.17, 15) is 9.50 Å². The van der Waals surface area contributed by atoms with Crippen LogP contribution >= 0.6 is 12.2 Å². The summed E-state index contributed by atoms with van der Waals surface area (Å²) in [5.74, 6) is 0.269. The molecule has 2 aromatic carbocycles. The predicted molar refractivity (Wildman–Crippen MR) is 96.7 cm³/mol. The Kier molecular flexibility index (Phi) is 6.37. The van der Waals surface area contributed by atoms with Crippen LogP contribution in [0.4, 0.5) is 4.39 Å². The average molecular weight is 348 g/mol. The first-order chi connectivity index (χ1) is 11.5. The lowest BCUT2D eigenvalue weighted by atomic mass is 10.0. The van der Waals surface area contributed by atoms with Crippen LogP contribution in [-0.2, 0) is 6.54 Å². The summed E-state index contributed by atoms with van der Waals surface area (Å²) in [5.41, 5.74) is 1.91. The van der Waals surface area contributed by atoms with Crippen molar-refractivity contribution in [2.75, 3.05) is 7.11 Å². The number of methoxy groups -OCH3 is 1. The number of thiocarbonyl (C=S) groups is 1. The normalized spacial score (nSPS) is 11.6. The fourth-order valence-corrected chi connectivity index (χ4v) is 2.55. The van der Waals surface area contributed by atoms with E-state index < -0.39 is 0 Å². The zero-order valence-corrected chi connectivity index (χ0v) is 14.5. The summed E-state index contributed by atoms with van der Waals surface area (Å²) < 4.78 is 18.1. The van der Waals surface area contributed by atoms with Crippen molar-refractivity contribution in [2.24, 2.45) is 0 Å². The van der Waals surface area contributed by atoms with Gasteiger partial charge in [-0.05, 0) is 54.0 Å². The van der Waals surface area contributed by atoms with Gasteiger partial charge in [0.2, 0.25) is 0 Å². The van der Waals surface area contributed by atoms with Crippen LogP contribution in [-0.4, -0.2) is 17.3 Å². The van der Waals surface area contributed by atoms with Crippen molar-refractivity contribution in [3.8, 4) is 11.5 Å². The topological polar surface area (TPSA) is 53.5 Å². The molecule has 0 aliphatic carbocycles. The second kappa shape index (κ2) is 8.49. The smallest absolute Gasteiger partial charge is 0.167 e. The molecule has 0 saturated heterocycles. The minimum Gasteiger partial charge on any atom is -0.504 e. The summed E-state index contributed by atoms with van der Waals surface area (Å²) in [5, 5.41) is 16.5.